The molecule has 1 aromatic heterocycles. The second-order valence-corrected chi connectivity index (χ2v) is 6.47. The molecule has 1 aromatic carbocycles. The van der Waals surface area contributed by atoms with Crippen LogP contribution in [0.3, 0.4) is 0 Å². The molecule has 132 valence electrons. The first-order valence-corrected chi connectivity index (χ1v) is 8.81. The predicted octanol–water partition coefficient (Wildman–Crippen LogP) is 2.45. The van der Waals surface area contributed by atoms with Gasteiger partial charge in [-0.3, -0.25) is 4.79 Å². The number of hydrogen-bond acceptors (Lipinski definition) is 5. The molecular formula is C18H22ClN5O. The molecule has 1 aliphatic heterocycles. The van der Waals surface area contributed by atoms with Gasteiger partial charge in [-0.05, 0) is 30.2 Å². The zero-order chi connectivity index (χ0) is 17.6. The highest BCUT2D eigenvalue weighted by Crippen LogP contribution is 2.15. The molecule has 0 unspecified atom stereocenters. The summed E-state index contributed by atoms with van der Waals surface area (Å²) in [4.78, 5) is 24.3. The Hall–Kier alpha value is -2.34. The van der Waals surface area contributed by atoms with Crippen LogP contribution in [-0.2, 0) is 11.2 Å². The van der Waals surface area contributed by atoms with Crippen molar-refractivity contribution in [2.45, 2.75) is 13.3 Å². The number of hydrogen-bond donors (Lipinski definition) is 1. The summed E-state index contributed by atoms with van der Waals surface area (Å²) in [6, 6.07) is 9.76. The molecule has 1 saturated heterocycles. The Morgan fingerprint density at radius 1 is 1.24 bits per heavy atom. The fourth-order valence-corrected chi connectivity index (χ4v) is 3.08. The Balaban J connectivity index is 1.54. The van der Waals surface area contributed by atoms with Gasteiger partial charge < -0.3 is 15.1 Å². The third-order valence-electron chi connectivity index (χ3n) is 4.28. The molecule has 1 amide bonds. The highest BCUT2D eigenvalue weighted by molar-refractivity contribution is 6.30. The SMILES string of the molecule is CC(=O)N1CCN(c2ccnc(NCCc3cccc(Cl)c3)n2)CC1. The van der Waals surface area contributed by atoms with Crippen molar-refractivity contribution < 1.29 is 4.79 Å². The van der Waals surface area contributed by atoms with Gasteiger partial charge in [0.05, 0.1) is 0 Å². The minimum absolute atomic E-state index is 0.130. The molecule has 2 aromatic rings. The summed E-state index contributed by atoms with van der Waals surface area (Å²) in [5.41, 5.74) is 1.18. The first kappa shape index (κ1) is 17.5. The fourth-order valence-electron chi connectivity index (χ4n) is 2.87. The van der Waals surface area contributed by atoms with Crippen molar-refractivity contribution in [3.63, 3.8) is 0 Å². The highest BCUT2D eigenvalue weighted by atomic mass is 35.5. The van der Waals surface area contributed by atoms with Gasteiger partial charge in [-0.15, -0.1) is 0 Å². The number of halogens is 1. The van der Waals surface area contributed by atoms with Crippen LogP contribution in [-0.4, -0.2) is 53.5 Å². The minimum Gasteiger partial charge on any atom is -0.354 e. The van der Waals surface area contributed by atoms with Gasteiger partial charge in [0.2, 0.25) is 11.9 Å². The van der Waals surface area contributed by atoms with Crippen LogP contribution in [0.15, 0.2) is 36.5 Å². The van der Waals surface area contributed by atoms with E-state index in [1.807, 2.05) is 29.2 Å². The van der Waals surface area contributed by atoms with Crippen LogP contribution >= 0.6 is 11.6 Å². The second-order valence-electron chi connectivity index (χ2n) is 6.04. The molecule has 25 heavy (non-hydrogen) atoms. The molecule has 0 saturated carbocycles. The molecule has 7 heteroatoms. The van der Waals surface area contributed by atoms with Gasteiger partial charge >= 0.3 is 0 Å². The number of piperazine rings is 1. The zero-order valence-electron chi connectivity index (χ0n) is 14.3. The number of benzene rings is 1. The molecule has 0 spiro atoms. The Morgan fingerprint density at radius 3 is 2.76 bits per heavy atom. The Morgan fingerprint density at radius 2 is 2.04 bits per heavy atom. The van der Waals surface area contributed by atoms with Crippen LogP contribution in [0, 0.1) is 0 Å². The molecule has 0 radical (unpaired) electrons. The van der Waals surface area contributed by atoms with E-state index in [1.165, 1.54) is 5.56 Å². The fraction of sp³-hybridized carbons (Fsp3) is 0.389. The summed E-state index contributed by atoms with van der Waals surface area (Å²) in [7, 11) is 0. The van der Waals surface area contributed by atoms with Crippen LogP contribution in [0.1, 0.15) is 12.5 Å². The molecule has 0 atom stereocenters. The third kappa shape index (κ3) is 4.82. The van der Waals surface area contributed by atoms with E-state index in [0.717, 1.165) is 50.0 Å². The zero-order valence-corrected chi connectivity index (χ0v) is 15.0. The van der Waals surface area contributed by atoms with Gasteiger partial charge in [0.25, 0.3) is 0 Å². The van der Waals surface area contributed by atoms with Crippen LogP contribution in [0.4, 0.5) is 11.8 Å². The lowest BCUT2D eigenvalue weighted by Gasteiger charge is -2.34. The average molecular weight is 360 g/mol. The Bertz CT molecular complexity index is 731. The number of anilines is 2. The molecule has 2 heterocycles. The van der Waals surface area contributed by atoms with Gasteiger partial charge in [0, 0.05) is 50.9 Å². The molecule has 0 aliphatic carbocycles. The topological polar surface area (TPSA) is 61.4 Å². The number of carbonyl (C=O) groups is 1. The van der Waals surface area contributed by atoms with Gasteiger partial charge in [-0.25, -0.2) is 4.98 Å². The number of rotatable bonds is 5. The normalized spacial score (nSPS) is 14.5. The van der Waals surface area contributed by atoms with E-state index in [9.17, 15) is 4.79 Å². The van der Waals surface area contributed by atoms with E-state index in [1.54, 1.807) is 13.1 Å². The summed E-state index contributed by atoms with van der Waals surface area (Å²) in [6.07, 6.45) is 2.62. The van der Waals surface area contributed by atoms with Crippen molar-refractivity contribution in [3.05, 3.63) is 47.1 Å². The first-order chi connectivity index (χ1) is 12.1. The maximum absolute atomic E-state index is 11.4. The summed E-state index contributed by atoms with van der Waals surface area (Å²) < 4.78 is 0. The molecule has 1 N–H and O–H groups in total. The molecule has 3 rings (SSSR count). The van der Waals surface area contributed by atoms with E-state index in [2.05, 4.69) is 26.3 Å². The van der Waals surface area contributed by atoms with E-state index < -0.39 is 0 Å². The van der Waals surface area contributed by atoms with E-state index in [0.29, 0.717) is 5.95 Å². The van der Waals surface area contributed by atoms with Crippen molar-refractivity contribution in [1.82, 2.24) is 14.9 Å². The smallest absolute Gasteiger partial charge is 0.224 e. The van der Waals surface area contributed by atoms with Crippen molar-refractivity contribution in [1.29, 1.82) is 0 Å². The average Bonchev–Trinajstić information content (AvgIpc) is 2.62. The van der Waals surface area contributed by atoms with E-state index in [-0.39, 0.29) is 5.91 Å². The number of nitrogens with one attached hydrogen (secondary N) is 1. The van der Waals surface area contributed by atoms with Crippen molar-refractivity contribution in [3.8, 4) is 0 Å². The summed E-state index contributed by atoms with van der Waals surface area (Å²) in [5.74, 6) is 1.64. The van der Waals surface area contributed by atoms with Gasteiger partial charge in [0.15, 0.2) is 0 Å². The number of aromatic nitrogens is 2. The molecule has 0 bridgehead atoms. The van der Waals surface area contributed by atoms with Gasteiger partial charge in [0.1, 0.15) is 5.82 Å². The van der Waals surface area contributed by atoms with Crippen LogP contribution in [0.25, 0.3) is 0 Å². The highest BCUT2D eigenvalue weighted by Gasteiger charge is 2.19. The number of amides is 1. The maximum atomic E-state index is 11.4. The number of carbonyl (C=O) groups excluding carboxylic acids is 1. The van der Waals surface area contributed by atoms with Crippen molar-refractivity contribution >= 4 is 29.3 Å². The van der Waals surface area contributed by atoms with Crippen molar-refractivity contribution in [2.75, 3.05) is 42.9 Å². The van der Waals surface area contributed by atoms with Crippen LogP contribution in [0.2, 0.25) is 5.02 Å². The lowest BCUT2D eigenvalue weighted by atomic mass is 10.1. The third-order valence-corrected chi connectivity index (χ3v) is 4.51. The van der Waals surface area contributed by atoms with Gasteiger partial charge in [-0.2, -0.15) is 4.98 Å². The monoisotopic (exact) mass is 359 g/mol. The quantitative estimate of drug-likeness (QED) is 0.888. The largest absolute Gasteiger partial charge is 0.354 e. The molecular weight excluding hydrogens is 338 g/mol. The van der Waals surface area contributed by atoms with Crippen molar-refractivity contribution in [2.24, 2.45) is 0 Å². The molecule has 1 aliphatic rings. The number of nitrogens with zero attached hydrogens (tertiary/aromatic N) is 4. The Kier molecular flexibility index (Phi) is 5.71. The summed E-state index contributed by atoms with van der Waals surface area (Å²) in [5, 5.41) is 4.01. The van der Waals surface area contributed by atoms with Crippen LogP contribution < -0.4 is 10.2 Å². The first-order valence-electron chi connectivity index (χ1n) is 8.43. The lowest BCUT2D eigenvalue weighted by molar-refractivity contribution is -0.129. The standard InChI is InChI=1S/C18H22ClN5O/c1-14(25)23-9-11-24(12-10-23)17-6-8-21-18(22-17)20-7-5-15-3-2-4-16(19)13-15/h2-4,6,8,13H,5,7,9-12H2,1H3,(H,20,21,22). The lowest BCUT2D eigenvalue weighted by Crippen LogP contribution is -2.48. The second kappa shape index (κ2) is 8.16. The van der Waals surface area contributed by atoms with E-state index in [4.69, 9.17) is 11.6 Å². The maximum Gasteiger partial charge on any atom is 0.224 e. The van der Waals surface area contributed by atoms with Gasteiger partial charge in [-0.1, -0.05) is 23.7 Å². The minimum atomic E-state index is 0.130. The predicted molar refractivity (Wildman–Crippen MR) is 100 cm³/mol. The van der Waals surface area contributed by atoms with E-state index >= 15 is 0 Å². The summed E-state index contributed by atoms with van der Waals surface area (Å²) in [6.45, 7) is 5.40. The summed E-state index contributed by atoms with van der Waals surface area (Å²) >= 11 is 6.00. The Labute approximate surface area is 152 Å². The molecule has 1 fully saturated rings. The molecule has 6 nitrogen and oxygen atoms in total. The van der Waals surface area contributed by atoms with Crippen LogP contribution in [0.5, 0.6) is 0 Å².